The van der Waals surface area contributed by atoms with Crippen LogP contribution in [-0.4, -0.2) is 51.6 Å². The number of rotatable bonds is 7. The van der Waals surface area contributed by atoms with Crippen molar-refractivity contribution >= 4 is 26.5 Å². The van der Waals surface area contributed by atoms with E-state index in [-0.39, 0.29) is 12.8 Å². The minimum atomic E-state index is -3.42. The van der Waals surface area contributed by atoms with Crippen LogP contribution in [0.1, 0.15) is 18.6 Å². The van der Waals surface area contributed by atoms with Crippen molar-refractivity contribution in [2.75, 3.05) is 31.7 Å². The second kappa shape index (κ2) is 7.48. The van der Waals surface area contributed by atoms with Gasteiger partial charge in [-0.15, -0.1) is 0 Å². The van der Waals surface area contributed by atoms with Gasteiger partial charge in [0, 0.05) is 5.39 Å². The van der Waals surface area contributed by atoms with Crippen LogP contribution in [0.2, 0.25) is 0 Å². The first kappa shape index (κ1) is 18.7. The standard InChI is InChI=1S/C17H24N2O4S/c1-12(19(2)3)23-11-16(20)14-9-5-7-13-8-6-10-15(17(13)14)18-24(4,21)22/h5-10,12,16,18,20H,11H2,1-4H3. The molecule has 0 spiro atoms. The summed E-state index contributed by atoms with van der Waals surface area (Å²) in [5.74, 6) is 0. The third-order valence-electron chi connectivity index (χ3n) is 3.81. The predicted molar refractivity (Wildman–Crippen MR) is 96.5 cm³/mol. The van der Waals surface area contributed by atoms with E-state index in [4.69, 9.17) is 4.74 Å². The molecule has 0 saturated heterocycles. The number of fused-ring (bicyclic) bond motifs is 1. The van der Waals surface area contributed by atoms with Crippen LogP contribution >= 0.6 is 0 Å². The summed E-state index contributed by atoms with van der Waals surface area (Å²) in [6.45, 7) is 2.01. The van der Waals surface area contributed by atoms with E-state index in [2.05, 4.69) is 4.72 Å². The van der Waals surface area contributed by atoms with Crippen LogP contribution in [0, 0.1) is 0 Å². The summed E-state index contributed by atoms with van der Waals surface area (Å²) in [6, 6.07) is 10.8. The molecule has 6 nitrogen and oxygen atoms in total. The Morgan fingerprint density at radius 2 is 1.83 bits per heavy atom. The molecule has 0 bridgehead atoms. The van der Waals surface area contributed by atoms with Gasteiger partial charge < -0.3 is 9.84 Å². The number of aliphatic hydroxyl groups is 1. The molecular weight excluding hydrogens is 328 g/mol. The summed E-state index contributed by atoms with van der Waals surface area (Å²) in [7, 11) is 0.366. The first-order chi connectivity index (χ1) is 11.2. The second-order valence-electron chi connectivity index (χ2n) is 6.04. The molecule has 0 fully saturated rings. The average Bonchev–Trinajstić information content (AvgIpc) is 2.50. The fraction of sp³-hybridized carbons (Fsp3) is 0.412. The molecule has 2 aromatic carbocycles. The van der Waals surface area contributed by atoms with Crippen LogP contribution < -0.4 is 4.72 Å². The topological polar surface area (TPSA) is 78.9 Å². The number of nitrogens with zero attached hydrogens (tertiary/aromatic N) is 1. The maximum atomic E-state index is 11.6. The first-order valence-corrected chi connectivity index (χ1v) is 9.53. The van der Waals surface area contributed by atoms with E-state index in [1.165, 1.54) is 0 Å². The maximum Gasteiger partial charge on any atom is 0.229 e. The molecule has 0 aliphatic rings. The zero-order valence-electron chi connectivity index (χ0n) is 14.4. The van der Waals surface area contributed by atoms with Crippen molar-refractivity contribution in [3.8, 4) is 0 Å². The molecule has 0 amide bonds. The van der Waals surface area contributed by atoms with Gasteiger partial charge >= 0.3 is 0 Å². The highest BCUT2D eigenvalue weighted by Gasteiger charge is 2.17. The highest BCUT2D eigenvalue weighted by atomic mass is 32.2. The van der Waals surface area contributed by atoms with Gasteiger partial charge in [0.15, 0.2) is 0 Å². The molecule has 2 atom stereocenters. The normalized spacial score (nSPS) is 14.8. The van der Waals surface area contributed by atoms with Crippen molar-refractivity contribution in [3.63, 3.8) is 0 Å². The van der Waals surface area contributed by atoms with E-state index in [0.717, 1.165) is 11.6 Å². The average molecular weight is 352 g/mol. The molecule has 7 heteroatoms. The van der Waals surface area contributed by atoms with Crippen molar-refractivity contribution < 1.29 is 18.3 Å². The molecule has 24 heavy (non-hydrogen) atoms. The molecule has 0 radical (unpaired) electrons. The van der Waals surface area contributed by atoms with Gasteiger partial charge in [0.25, 0.3) is 0 Å². The lowest BCUT2D eigenvalue weighted by Gasteiger charge is -2.23. The number of hydrogen-bond acceptors (Lipinski definition) is 5. The summed E-state index contributed by atoms with van der Waals surface area (Å²) >= 11 is 0. The van der Waals surface area contributed by atoms with E-state index < -0.39 is 16.1 Å². The molecule has 0 aliphatic carbocycles. The Balaban J connectivity index is 2.39. The Bertz CT molecular complexity index is 800. The van der Waals surface area contributed by atoms with Crippen molar-refractivity contribution in [2.24, 2.45) is 0 Å². The molecule has 132 valence electrons. The minimum Gasteiger partial charge on any atom is -0.386 e. The molecule has 2 rings (SSSR count). The summed E-state index contributed by atoms with van der Waals surface area (Å²) in [5, 5.41) is 12.1. The summed E-state index contributed by atoms with van der Waals surface area (Å²) < 4.78 is 31.4. The minimum absolute atomic E-state index is 0.117. The number of aliphatic hydroxyl groups excluding tert-OH is 1. The summed E-state index contributed by atoms with van der Waals surface area (Å²) in [4.78, 5) is 1.90. The Morgan fingerprint density at radius 1 is 1.21 bits per heavy atom. The molecule has 0 saturated carbocycles. The van der Waals surface area contributed by atoms with Crippen LogP contribution in [0.15, 0.2) is 36.4 Å². The van der Waals surface area contributed by atoms with E-state index in [9.17, 15) is 13.5 Å². The fourth-order valence-electron chi connectivity index (χ4n) is 2.40. The molecule has 0 aliphatic heterocycles. The SMILES string of the molecule is CC(OCC(O)c1cccc2cccc(NS(C)(=O)=O)c12)N(C)C. The largest absolute Gasteiger partial charge is 0.386 e. The highest BCUT2D eigenvalue weighted by molar-refractivity contribution is 7.92. The van der Waals surface area contributed by atoms with Gasteiger partial charge in [0.1, 0.15) is 12.3 Å². The molecule has 2 aromatic rings. The third kappa shape index (κ3) is 4.67. The van der Waals surface area contributed by atoms with Crippen molar-refractivity contribution in [1.82, 2.24) is 4.90 Å². The number of benzene rings is 2. The number of nitrogens with one attached hydrogen (secondary N) is 1. The smallest absolute Gasteiger partial charge is 0.229 e. The van der Waals surface area contributed by atoms with E-state index >= 15 is 0 Å². The van der Waals surface area contributed by atoms with E-state index in [0.29, 0.717) is 16.6 Å². The van der Waals surface area contributed by atoms with Crippen LogP contribution in [0.25, 0.3) is 10.8 Å². The highest BCUT2D eigenvalue weighted by Crippen LogP contribution is 2.31. The van der Waals surface area contributed by atoms with Crippen LogP contribution in [0.4, 0.5) is 5.69 Å². The van der Waals surface area contributed by atoms with Gasteiger partial charge in [-0.25, -0.2) is 8.42 Å². The zero-order chi connectivity index (χ0) is 17.9. The first-order valence-electron chi connectivity index (χ1n) is 7.64. The van der Waals surface area contributed by atoms with Crippen LogP contribution in [0.5, 0.6) is 0 Å². The number of ether oxygens (including phenoxy) is 1. The maximum absolute atomic E-state index is 11.6. The lowest BCUT2D eigenvalue weighted by molar-refractivity contribution is -0.0599. The summed E-state index contributed by atoms with van der Waals surface area (Å²) in [6.07, 6.45) is 0.106. The zero-order valence-corrected chi connectivity index (χ0v) is 15.2. The Labute approximate surface area is 143 Å². The lowest BCUT2D eigenvalue weighted by Crippen LogP contribution is -2.29. The second-order valence-corrected chi connectivity index (χ2v) is 7.79. The Morgan fingerprint density at radius 3 is 2.42 bits per heavy atom. The van der Waals surface area contributed by atoms with Gasteiger partial charge in [-0.1, -0.05) is 30.3 Å². The molecule has 2 N–H and O–H groups in total. The third-order valence-corrected chi connectivity index (χ3v) is 4.40. The van der Waals surface area contributed by atoms with Crippen molar-refractivity contribution in [3.05, 3.63) is 42.0 Å². The lowest BCUT2D eigenvalue weighted by atomic mass is 9.99. The number of sulfonamides is 1. The van der Waals surface area contributed by atoms with Crippen LogP contribution in [0.3, 0.4) is 0 Å². The molecular formula is C17H24N2O4S. The van der Waals surface area contributed by atoms with Gasteiger partial charge in [-0.3, -0.25) is 9.62 Å². The fourth-order valence-corrected chi connectivity index (χ4v) is 2.97. The summed E-state index contributed by atoms with van der Waals surface area (Å²) in [5.41, 5.74) is 1.08. The monoisotopic (exact) mass is 352 g/mol. The number of anilines is 1. The van der Waals surface area contributed by atoms with E-state index in [1.54, 1.807) is 18.2 Å². The number of hydrogen-bond donors (Lipinski definition) is 2. The quantitative estimate of drug-likeness (QED) is 0.747. The van der Waals surface area contributed by atoms with Gasteiger partial charge in [0.2, 0.25) is 10.0 Å². The van der Waals surface area contributed by atoms with Crippen molar-refractivity contribution in [1.29, 1.82) is 0 Å². The van der Waals surface area contributed by atoms with E-state index in [1.807, 2.05) is 44.1 Å². The predicted octanol–water partition coefficient (Wildman–Crippen LogP) is 2.17. The molecule has 0 aromatic heterocycles. The van der Waals surface area contributed by atoms with Gasteiger partial charge in [0.05, 0.1) is 18.6 Å². The van der Waals surface area contributed by atoms with Gasteiger partial charge in [-0.05, 0) is 38.0 Å². The van der Waals surface area contributed by atoms with Crippen LogP contribution in [-0.2, 0) is 14.8 Å². The van der Waals surface area contributed by atoms with Crippen molar-refractivity contribution in [2.45, 2.75) is 19.3 Å². The molecule has 0 heterocycles. The van der Waals surface area contributed by atoms with Gasteiger partial charge in [-0.2, -0.15) is 0 Å². The Hall–Kier alpha value is -1.67. The Kier molecular flexibility index (Phi) is 5.82. The molecule has 2 unspecified atom stereocenters.